The van der Waals surface area contributed by atoms with Crippen molar-refractivity contribution in [2.24, 2.45) is 0 Å². The number of benzene rings is 1. The zero-order chi connectivity index (χ0) is 15.7. The topological polar surface area (TPSA) is 51.5 Å². The number of amides is 1. The summed E-state index contributed by atoms with van der Waals surface area (Å²) in [6.07, 6.45) is 1.75. The number of rotatable bonds is 3. The second-order valence-corrected chi connectivity index (χ2v) is 5.63. The van der Waals surface area contributed by atoms with Gasteiger partial charge in [-0.2, -0.15) is 0 Å². The molecule has 1 aliphatic rings. The number of carbonyl (C=O) groups is 1. The summed E-state index contributed by atoms with van der Waals surface area (Å²) < 4.78 is 24.4. The number of aryl methyl sites for hydroxylation is 1. The molecule has 0 spiro atoms. The fourth-order valence-corrected chi connectivity index (χ4v) is 2.74. The van der Waals surface area contributed by atoms with E-state index in [9.17, 15) is 9.18 Å². The smallest absolute Gasteiger partial charge is 0.255 e. The van der Waals surface area contributed by atoms with Crippen molar-refractivity contribution < 1.29 is 18.3 Å². The summed E-state index contributed by atoms with van der Waals surface area (Å²) in [5.74, 6) is -0.155. The van der Waals surface area contributed by atoms with Crippen LogP contribution in [0.4, 0.5) is 4.39 Å². The van der Waals surface area contributed by atoms with E-state index in [4.69, 9.17) is 20.8 Å². The van der Waals surface area contributed by atoms with Gasteiger partial charge in [0.2, 0.25) is 0 Å². The number of hydrogen-bond donors (Lipinski definition) is 1. The van der Waals surface area contributed by atoms with Crippen molar-refractivity contribution in [2.45, 2.75) is 25.5 Å². The third-order valence-electron chi connectivity index (χ3n) is 3.78. The fourth-order valence-electron chi connectivity index (χ4n) is 2.62. The predicted molar refractivity (Wildman–Crippen MR) is 79.4 cm³/mol. The van der Waals surface area contributed by atoms with E-state index in [0.29, 0.717) is 29.9 Å². The Hall–Kier alpha value is -1.85. The van der Waals surface area contributed by atoms with Gasteiger partial charge >= 0.3 is 0 Å². The van der Waals surface area contributed by atoms with E-state index in [1.54, 1.807) is 19.1 Å². The van der Waals surface area contributed by atoms with Gasteiger partial charge in [-0.05, 0) is 37.1 Å². The zero-order valence-corrected chi connectivity index (χ0v) is 12.7. The Morgan fingerprint density at radius 3 is 2.91 bits per heavy atom. The molecular formula is C16H15ClFNO3. The van der Waals surface area contributed by atoms with Gasteiger partial charge in [0.25, 0.3) is 5.91 Å². The lowest BCUT2D eigenvalue weighted by molar-refractivity contribution is 0.0819. The maximum Gasteiger partial charge on any atom is 0.255 e. The van der Waals surface area contributed by atoms with Crippen molar-refractivity contribution in [3.8, 4) is 0 Å². The monoisotopic (exact) mass is 323 g/mol. The van der Waals surface area contributed by atoms with Gasteiger partial charge < -0.3 is 14.5 Å². The molecule has 6 heteroatoms. The molecule has 0 aliphatic carbocycles. The number of ether oxygens (including phenoxy) is 1. The summed E-state index contributed by atoms with van der Waals surface area (Å²) >= 11 is 5.70. The molecule has 0 bridgehead atoms. The minimum atomic E-state index is -0.495. The number of nitrogens with one attached hydrogen (secondary N) is 1. The second-order valence-electron chi connectivity index (χ2n) is 5.22. The van der Waals surface area contributed by atoms with E-state index >= 15 is 0 Å². The number of carbonyl (C=O) groups excluding carboxylic acids is 1. The Morgan fingerprint density at radius 2 is 2.23 bits per heavy atom. The molecule has 1 amide bonds. The minimum absolute atomic E-state index is 0.0661. The molecule has 2 heterocycles. The summed E-state index contributed by atoms with van der Waals surface area (Å²) in [5, 5.41) is 2.99. The second kappa shape index (κ2) is 6.10. The third-order valence-corrected chi connectivity index (χ3v) is 4.09. The molecule has 1 saturated heterocycles. The molecule has 1 N–H and O–H groups in total. The molecule has 1 aromatic carbocycles. The normalized spacial score (nSPS) is 21.0. The lowest BCUT2D eigenvalue weighted by atomic mass is 10.0. The molecule has 2 aromatic rings. The maximum atomic E-state index is 13.6. The first-order chi connectivity index (χ1) is 10.6. The quantitative estimate of drug-likeness (QED) is 0.938. The first-order valence-electron chi connectivity index (χ1n) is 6.98. The maximum absolute atomic E-state index is 13.6. The van der Waals surface area contributed by atoms with Crippen molar-refractivity contribution in [3.05, 3.63) is 58.3 Å². The van der Waals surface area contributed by atoms with Crippen LogP contribution in [-0.2, 0) is 4.74 Å². The summed E-state index contributed by atoms with van der Waals surface area (Å²) in [6, 6.07) is 5.96. The van der Waals surface area contributed by atoms with E-state index in [0.717, 1.165) is 0 Å². The average molecular weight is 324 g/mol. The van der Waals surface area contributed by atoms with E-state index in [-0.39, 0.29) is 23.1 Å². The lowest BCUT2D eigenvalue weighted by Crippen LogP contribution is -2.36. The number of halogens is 2. The molecule has 1 fully saturated rings. The Kier molecular flexibility index (Phi) is 4.18. The predicted octanol–water partition coefficient (Wildman–Crippen LogP) is 3.64. The Morgan fingerprint density at radius 1 is 1.41 bits per heavy atom. The van der Waals surface area contributed by atoms with Gasteiger partial charge in [-0.25, -0.2) is 4.39 Å². The third kappa shape index (κ3) is 2.87. The van der Waals surface area contributed by atoms with Gasteiger partial charge in [-0.1, -0.05) is 17.7 Å². The zero-order valence-electron chi connectivity index (χ0n) is 11.9. The van der Waals surface area contributed by atoms with E-state index < -0.39 is 5.82 Å². The molecule has 2 atom stereocenters. The molecule has 1 aromatic heterocycles. The highest BCUT2D eigenvalue weighted by atomic mass is 35.5. The van der Waals surface area contributed by atoms with E-state index in [1.165, 1.54) is 18.4 Å². The van der Waals surface area contributed by atoms with Crippen LogP contribution in [0, 0.1) is 12.7 Å². The molecule has 1 aliphatic heterocycles. The first-order valence-corrected chi connectivity index (χ1v) is 7.35. The van der Waals surface area contributed by atoms with Gasteiger partial charge in [-0.15, -0.1) is 0 Å². The molecule has 22 heavy (non-hydrogen) atoms. The largest absolute Gasteiger partial charge is 0.469 e. The summed E-state index contributed by atoms with van der Waals surface area (Å²) in [6.45, 7) is 2.23. The number of hydrogen-bond acceptors (Lipinski definition) is 3. The van der Waals surface area contributed by atoms with Gasteiger partial charge in [0.15, 0.2) is 0 Å². The van der Waals surface area contributed by atoms with Crippen molar-refractivity contribution in [1.29, 1.82) is 0 Å². The summed E-state index contributed by atoms with van der Waals surface area (Å²) in [7, 11) is 0. The van der Waals surface area contributed by atoms with Gasteiger partial charge in [0, 0.05) is 6.61 Å². The van der Waals surface area contributed by atoms with Crippen molar-refractivity contribution in [1.82, 2.24) is 5.32 Å². The van der Waals surface area contributed by atoms with Crippen LogP contribution in [0.2, 0.25) is 5.02 Å². The van der Waals surface area contributed by atoms with Crippen molar-refractivity contribution >= 4 is 17.5 Å². The van der Waals surface area contributed by atoms with Gasteiger partial charge in [0.05, 0.1) is 22.9 Å². The van der Waals surface area contributed by atoms with Crippen molar-refractivity contribution in [3.63, 3.8) is 0 Å². The standard InChI is InChI=1S/C16H15ClFNO3/c1-9-11(4-6-21-9)16(20)19-14-5-7-22-15(14)10-2-3-12(17)13(18)8-10/h2-4,6,8,14-15H,5,7H2,1H3,(H,19,20)/t14-,15+/m1/s1. The molecule has 0 unspecified atom stereocenters. The van der Waals surface area contributed by atoms with Crippen LogP contribution in [-0.4, -0.2) is 18.6 Å². The highest BCUT2D eigenvalue weighted by Gasteiger charge is 2.32. The SMILES string of the molecule is Cc1occc1C(=O)N[C@@H]1CCO[C@H]1c1ccc(Cl)c(F)c1. The Balaban J connectivity index is 1.77. The van der Waals surface area contributed by atoms with Crippen LogP contribution >= 0.6 is 11.6 Å². The van der Waals surface area contributed by atoms with Crippen LogP contribution in [0.25, 0.3) is 0 Å². The molecule has 0 saturated carbocycles. The van der Waals surface area contributed by atoms with E-state index in [1.807, 2.05) is 0 Å². The Bertz CT molecular complexity index is 700. The molecule has 0 radical (unpaired) electrons. The minimum Gasteiger partial charge on any atom is -0.469 e. The van der Waals surface area contributed by atoms with Crippen LogP contribution in [0.3, 0.4) is 0 Å². The lowest BCUT2D eigenvalue weighted by Gasteiger charge is -2.20. The highest BCUT2D eigenvalue weighted by molar-refractivity contribution is 6.30. The van der Waals surface area contributed by atoms with Crippen molar-refractivity contribution in [2.75, 3.05) is 6.61 Å². The number of furan rings is 1. The van der Waals surface area contributed by atoms with Crippen LogP contribution in [0.5, 0.6) is 0 Å². The Labute approximate surface area is 132 Å². The molecular weight excluding hydrogens is 309 g/mol. The summed E-state index contributed by atoms with van der Waals surface area (Å²) in [4.78, 5) is 12.3. The summed E-state index contributed by atoms with van der Waals surface area (Å²) in [5.41, 5.74) is 1.15. The van der Waals surface area contributed by atoms with Gasteiger partial charge in [0.1, 0.15) is 17.7 Å². The average Bonchev–Trinajstić information content (AvgIpc) is 3.11. The van der Waals surface area contributed by atoms with Crippen LogP contribution in [0.15, 0.2) is 34.9 Å². The van der Waals surface area contributed by atoms with Gasteiger partial charge in [-0.3, -0.25) is 4.79 Å². The first kappa shape index (κ1) is 15.1. The molecule has 116 valence electrons. The van der Waals surface area contributed by atoms with Crippen LogP contribution < -0.4 is 5.32 Å². The molecule has 3 rings (SSSR count). The molecule has 4 nitrogen and oxygen atoms in total. The van der Waals surface area contributed by atoms with E-state index in [2.05, 4.69) is 5.32 Å². The highest BCUT2D eigenvalue weighted by Crippen LogP contribution is 2.31. The van der Waals surface area contributed by atoms with Crippen LogP contribution in [0.1, 0.15) is 34.2 Å². The fraction of sp³-hybridized carbons (Fsp3) is 0.312.